The topological polar surface area (TPSA) is 209 Å². The first-order valence-corrected chi connectivity index (χ1v) is 9.51. The van der Waals surface area contributed by atoms with Crippen LogP contribution in [0, 0.1) is 0 Å². The Kier molecular flexibility index (Phi) is 6.91. The largest absolute Gasteiger partial charge is 1.00 e. The minimum atomic E-state index is -1.93. The van der Waals surface area contributed by atoms with E-state index in [9.17, 15) is 45.6 Å². The van der Waals surface area contributed by atoms with Crippen LogP contribution in [0.15, 0.2) is 40.8 Å². The fraction of sp³-hybridized carbons (Fsp3) is 0.238. The number of rotatable bonds is 4. The molecule has 0 bridgehead atoms. The summed E-state index contributed by atoms with van der Waals surface area (Å²) in [6, 6.07) is 7.06. The molecule has 2 aromatic carbocycles. The van der Waals surface area contributed by atoms with E-state index in [1.807, 2.05) is 0 Å². The highest BCUT2D eigenvalue weighted by molar-refractivity contribution is 5.88. The van der Waals surface area contributed by atoms with Crippen LogP contribution >= 0.6 is 0 Å². The van der Waals surface area contributed by atoms with Gasteiger partial charge in [0.1, 0.15) is 35.2 Å². The average Bonchev–Trinajstić information content (AvgIpc) is 2.75. The third-order valence-corrected chi connectivity index (χ3v) is 5.11. The molecule has 2 heterocycles. The lowest BCUT2D eigenvalue weighted by molar-refractivity contribution is -0.271. The van der Waals surface area contributed by atoms with Crippen molar-refractivity contribution in [1.82, 2.24) is 0 Å². The minimum absolute atomic E-state index is 0. The molecule has 34 heavy (non-hydrogen) atoms. The highest BCUT2D eigenvalue weighted by Crippen LogP contribution is 2.42. The summed E-state index contributed by atoms with van der Waals surface area (Å²) in [5.41, 5.74) is 0.136. The van der Waals surface area contributed by atoms with Crippen LogP contribution in [0.1, 0.15) is 0 Å². The third-order valence-electron chi connectivity index (χ3n) is 5.11. The van der Waals surface area contributed by atoms with E-state index < -0.39 is 53.9 Å². The Morgan fingerprint density at radius 2 is 1.59 bits per heavy atom. The average molecular weight is 499 g/mol. The predicted octanol–water partition coefficient (Wildman–Crippen LogP) is -2.52. The summed E-state index contributed by atoms with van der Waals surface area (Å²) in [4.78, 5) is 11.4. The summed E-state index contributed by atoms with van der Waals surface area (Å²) >= 11 is 0. The van der Waals surface area contributed by atoms with Crippen LogP contribution in [0.2, 0.25) is 0 Å². The Balaban J connectivity index is 0.00000324. The maximum Gasteiger partial charge on any atom is 0.402 e. The molecule has 3 aromatic rings. The second-order valence-corrected chi connectivity index (χ2v) is 7.37. The third kappa shape index (κ3) is 4.44. The summed E-state index contributed by atoms with van der Waals surface area (Å²) < 4.78 is 16.5. The monoisotopic (exact) mass is 498 g/mol. The normalized spacial score (nSPS) is 24.4. The number of aliphatic hydroxyl groups excluding tert-OH is 3. The second-order valence-electron chi connectivity index (χ2n) is 7.37. The predicted molar refractivity (Wildman–Crippen MR) is 108 cm³/mol. The lowest BCUT2D eigenvalue weighted by atomic mass is 9.99. The van der Waals surface area contributed by atoms with E-state index in [2.05, 4.69) is 0 Å². The van der Waals surface area contributed by atoms with Gasteiger partial charge in [-0.2, -0.15) is 0 Å². The van der Waals surface area contributed by atoms with Crippen LogP contribution in [-0.4, -0.2) is 77.5 Å². The van der Waals surface area contributed by atoms with Crippen LogP contribution in [-0.2, 0) is 9.53 Å². The number of fused-ring (bicyclic) bond motifs is 1. The molecule has 0 radical (unpaired) electrons. The lowest BCUT2D eigenvalue weighted by Gasteiger charge is -2.38. The number of hydrogen-bond donors (Lipinski definition) is 8. The zero-order valence-corrected chi connectivity index (χ0v) is 17.7. The van der Waals surface area contributed by atoms with E-state index in [0.29, 0.717) is 0 Å². The van der Waals surface area contributed by atoms with Gasteiger partial charge in [-0.25, -0.2) is 9.21 Å². The van der Waals surface area contributed by atoms with E-state index in [0.717, 1.165) is 18.2 Å². The van der Waals surface area contributed by atoms with Crippen molar-refractivity contribution >= 4 is 16.9 Å². The van der Waals surface area contributed by atoms with E-state index >= 15 is 0 Å². The standard InChI is InChI=1S/C21H18O12.ClH/c22-8-4-11(24)9-6-14(32-21-17(28)15(26)16(27)19(33-21)20(29)30)18(31-13(9)5-8)7-1-2-10(23)12(25)3-7;/h1-6,15-17,19,21,26-28H,(H4-,22,23,24,25,29,30);1H/t15-,16-,17+,19-,21+;/m0./s1. The number of aliphatic carboxylic acids is 1. The molecular weight excluding hydrogens is 480 g/mol. The number of phenols is 4. The molecule has 0 unspecified atom stereocenters. The lowest BCUT2D eigenvalue weighted by Crippen LogP contribution is -3.00. The maximum atomic E-state index is 11.4. The molecule has 1 saturated heterocycles. The SMILES string of the molecule is O=C(O)[C@H]1O[C@@H](Oc2cc3c(O)cc(O)cc3[o+]c2-c2ccc(O)c(O)c2)[C@H](O)[C@@H](O)[C@@H]1O.[Cl-]. The number of benzene rings is 2. The Labute approximate surface area is 196 Å². The van der Waals surface area contributed by atoms with Crippen LogP contribution in [0.3, 0.4) is 0 Å². The summed E-state index contributed by atoms with van der Waals surface area (Å²) in [5.74, 6) is -3.62. The van der Waals surface area contributed by atoms with Gasteiger partial charge in [0, 0.05) is 18.2 Å². The molecular formula is C21H19ClO12. The zero-order valence-electron chi connectivity index (χ0n) is 16.9. The Bertz CT molecular complexity index is 1230. The Morgan fingerprint density at radius 3 is 2.24 bits per heavy atom. The smallest absolute Gasteiger partial charge is 0.402 e. The van der Waals surface area contributed by atoms with Crippen molar-refractivity contribution < 1.29 is 71.9 Å². The number of carboxylic acid groups (broad SMARTS) is 1. The molecule has 12 nitrogen and oxygen atoms in total. The van der Waals surface area contributed by atoms with Gasteiger partial charge >= 0.3 is 17.3 Å². The molecule has 4 rings (SSSR count). The van der Waals surface area contributed by atoms with Gasteiger partial charge < -0.3 is 62.7 Å². The van der Waals surface area contributed by atoms with Crippen molar-refractivity contribution in [2.24, 2.45) is 0 Å². The number of ether oxygens (including phenoxy) is 2. The van der Waals surface area contributed by atoms with E-state index in [1.54, 1.807) is 0 Å². The fourth-order valence-corrected chi connectivity index (χ4v) is 3.41. The van der Waals surface area contributed by atoms with E-state index in [1.165, 1.54) is 18.2 Å². The molecule has 0 amide bonds. The second kappa shape index (κ2) is 9.37. The Hall–Kier alpha value is -3.55. The van der Waals surface area contributed by atoms with Crippen molar-refractivity contribution in [1.29, 1.82) is 0 Å². The molecule has 5 atom stereocenters. The summed E-state index contributed by atoms with van der Waals surface area (Å²) in [6.45, 7) is 0. The van der Waals surface area contributed by atoms with Crippen molar-refractivity contribution in [3.63, 3.8) is 0 Å². The number of phenolic OH excluding ortho intramolecular Hbond substituents is 4. The molecule has 1 aromatic heterocycles. The van der Waals surface area contributed by atoms with Gasteiger partial charge in [-0.05, 0) is 12.1 Å². The van der Waals surface area contributed by atoms with Crippen molar-refractivity contribution in [2.45, 2.75) is 30.7 Å². The van der Waals surface area contributed by atoms with Gasteiger partial charge in [0.05, 0.1) is 11.6 Å². The highest BCUT2D eigenvalue weighted by Gasteiger charge is 2.48. The van der Waals surface area contributed by atoms with Gasteiger partial charge in [-0.15, -0.1) is 0 Å². The molecule has 182 valence electrons. The van der Waals surface area contributed by atoms with E-state index in [-0.39, 0.29) is 46.2 Å². The van der Waals surface area contributed by atoms with E-state index in [4.69, 9.17) is 13.9 Å². The van der Waals surface area contributed by atoms with Crippen LogP contribution in [0.25, 0.3) is 22.3 Å². The quantitative estimate of drug-likeness (QED) is 0.138. The first kappa shape index (κ1) is 25.1. The number of carbonyl (C=O) groups is 1. The first-order chi connectivity index (χ1) is 15.6. The number of hydrogen-bond acceptors (Lipinski definition) is 10. The molecule has 1 aliphatic rings. The van der Waals surface area contributed by atoms with Crippen molar-refractivity contribution in [3.05, 3.63) is 36.4 Å². The molecule has 8 N–H and O–H groups in total. The van der Waals surface area contributed by atoms with Gasteiger partial charge in [-0.3, -0.25) is 0 Å². The van der Waals surface area contributed by atoms with Crippen LogP contribution in [0.4, 0.5) is 0 Å². The number of aromatic hydroxyl groups is 4. The van der Waals surface area contributed by atoms with Crippen LogP contribution in [0.5, 0.6) is 28.7 Å². The first-order valence-electron chi connectivity index (χ1n) is 9.51. The molecule has 0 spiro atoms. The molecule has 0 aliphatic carbocycles. The summed E-state index contributed by atoms with van der Waals surface area (Å²) in [5, 5.41) is 78.9. The van der Waals surface area contributed by atoms with Gasteiger partial charge in [0.2, 0.25) is 12.0 Å². The van der Waals surface area contributed by atoms with Gasteiger partial charge in [-0.1, -0.05) is 0 Å². The molecule has 1 fully saturated rings. The summed E-state index contributed by atoms with van der Waals surface area (Å²) in [6.07, 6.45) is -9.44. The zero-order chi connectivity index (χ0) is 24.0. The number of halogens is 1. The van der Waals surface area contributed by atoms with Crippen LogP contribution < -0.4 is 17.1 Å². The fourth-order valence-electron chi connectivity index (χ4n) is 3.41. The minimum Gasteiger partial charge on any atom is -1.00 e. The number of aliphatic hydroxyl groups is 3. The molecule has 0 saturated carbocycles. The molecule has 13 heteroatoms. The van der Waals surface area contributed by atoms with Crippen molar-refractivity contribution in [2.75, 3.05) is 0 Å². The maximum absolute atomic E-state index is 11.4. The summed E-state index contributed by atoms with van der Waals surface area (Å²) in [7, 11) is 0. The highest BCUT2D eigenvalue weighted by atomic mass is 35.5. The van der Waals surface area contributed by atoms with Crippen molar-refractivity contribution in [3.8, 4) is 40.1 Å². The number of carboxylic acids is 1. The van der Waals surface area contributed by atoms with Gasteiger partial charge in [0.25, 0.3) is 0 Å². The molecule has 1 aliphatic heterocycles. The Morgan fingerprint density at radius 1 is 0.882 bits per heavy atom. The van der Waals surface area contributed by atoms with Gasteiger partial charge in [0.15, 0.2) is 17.6 Å².